The van der Waals surface area contributed by atoms with E-state index < -0.39 is 0 Å². The average Bonchev–Trinajstić information content (AvgIpc) is 2.82. The lowest BCUT2D eigenvalue weighted by atomic mass is 9.71. The van der Waals surface area contributed by atoms with E-state index in [1.807, 2.05) is 12.4 Å². The summed E-state index contributed by atoms with van der Waals surface area (Å²) in [5.74, 6) is 1.83. The van der Waals surface area contributed by atoms with Crippen LogP contribution in [0.2, 0.25) is 0 Å². The predicted octanol–water partition coefficient (Wildman–Crippen LogP) is 2.09. The first-order valence-electron chi connectivity index (χ1n) is 7.33. The quantitative estimate of drug-likeness (QED) is 0.818. The van der Waals surface area contributed by atoms with Gasteiger partial charge in [-0.05, 0) is 12.8 Å². The van der Waals surface area contributed by atoms with Gasteiger partial charge in [0.1, 0.15) is 11.6 Å². The molecule has 1 aromatic heterocycles. The maximum atomic E-state index is 12.5. The van der Waals surface area contributed by atoms with E-state index in [2.05, 4.69) is 28.3 Å². The molecule has 0 bridgehead atoms. The summed E-state index contributed by atoms with van der Waals surface area (Å²) in [7, 11) is 0. The largest absolute Gasteiger partial charge is 0.333 e. The summed E-state index contributed by atoms with van der Waals surface area (Å²) in [6.07, 6.45) is 7.21. The second kappa shape index (κ2) is 4.75. The molecule has 0 saturated heterocycles. The summed E-state index contributed by atoms with van der Waals surface area (Å²) >= 11 is 0. The Bertz CT molecular complexity index is 477. The summed E-state index contributed by atoms with van der Waals surface area (Å²) in [6.45, 7) is 8.04. The number of hydrogen-bond acceptors (Lipinski definition) is 3. The Morgan fingerprint density at radius 3 is 3.11 bits per heavy atom. The Kier molecular flexibility index (Phi) is 3.21. The van der Waals surface area contributed by atoms with Crippen LogP contribution in [-0.4, -0.2) is 33.3 Å². The van der Waals surface area contributed by atoms with Crippen LogP contribution in [0, 0.1) is 11.3 Å². The van der Waals surface area contributed by atoms with Crippen molar-refractivity contribution in [1.29, 1.82) is 0 Å². The van der Waals surface area contributed by atoms with Gasteiger partial charge in [-0.25, -0.2) is 4.98 Å². The van der Waals surface area contributed by atoms with Gasteiger partial charge in [0.25, 0.3) is 0 Å². The lowest BCUT2D eigenvalue weighted by molar-refractivity contribution is -0.135. The molecule has 1 fully saturated rings. The van der Waals surface area contributed by atoms with Gasteiger partial charge >= 0.3 is 0 Å². The Labute approximate surface area is 114 Å². The summed E-state index contributed by atoms with van der Waals surface area (Å²) in [6, 6.07) is 0. The fourth-order valence-electron chi connectivity index (χ4n) is 3.46. The van der Waals surface area contributed by atoms with E-state index in [0.29, 0.717) is 5.78 Å². The molecule has 0 amide bonds. The second-order valence-corrected chi connectivity index (χ2v) is 6.61. The SMILES string of the molecule is CC1(C)CCCC(CN2CCn3ccnc3C2)C1=O. The highest BCUT2D eigenvalue weighted by atomic mass is 16.1. The number of imidazole rings is 1. The Morgan fingerprint density at radius 2 is 2.26 bits per heavy atom. The molecule has 1 aliphatic heterocycles. The van der Waals surface area contributed by atoms with Crippen LogP contribution in [0.25, 0.3) is 0 Å². The molecule has 1 unspecified atom stereocenters. The zero-order valence-electron chi connectivity index (χ0n) is 11.9. The van der Waals surface area contributed by atoms with Crippen LogP contribution >= 0.6 is 0 Å². The third kappa shape index (κ3) is 2.46. The highest BCUT2D eigenvalue weighted by molar-refractivity contribution is 5.87. The molecule has 0 aromatic carbocycles. The van der Waals surface area contributed by atoms with Crippen LogP contribution in [0.1, 0.15) is 38.9 Å². The van der Waals surface area contributed by atoms with Crippen molar-refractivity contribution in [3.8, 4) is 0 Å². The van der Waals surface area contributed by atoms with E-state index in [4.69, 9.17) is 0 Å². The van der Waals surface area contributed by atoms with Crippen LogP contribution in [0.15, 0.2) is 12.4 Å². The van der Waals surface area contributed by atoms with E-state index in [9.17, 15) is 4.79 Å². The van der Waals surface area contributed by atoms with E-state index >= 15 is 0 Å². The Balaban J connectivity index is 1.65. The number of ketones is 1. The number of rotatable bonds is 2. The van der Waals surface area contributed by atoms with Gasteiger partial charge in [0, 0.05) is 43.4 Å². The van der Waals surface area contributed by atoms with E-state index in [-0.39, 0.29) is 11.3 Å². The van der Waals surface area contributed by atoms with Gasteiger partial charge in [0.2, 0.25) is 0 Å². The zero-order chi connectivity index (χ0) is 13.5. The van der Waals surface area contributed by atoms with Crippen molar-refractivity contribution >= 4 is 5.78 Å². The molecule has 1 aromatic rings. The molecule has 2 heterocycles. The minimum Gasteiger partial charge on any atom is -0.333 e. The molecular formula is C15H23N3O. The summed E-state index contributed by atoms with van der Waals surface area (Å²) in [4.78, 5) is 19.2. The molecule has 104 valence electrons. The first-order chi connectivity index (χ1) is 9.06. The lowest BCUT2D eigenvalue weighted by Gasteiger charge is -2.37. The molecule has 4 heteroatoms. The van der Waals surface area contributed by atoms with E-state index in [1.54, 1.807) is 0 Å². The standard InChI is InChI=1S/C15H23N3O/c1-15(2)5-3-4-12(14(15)19)10-17-8-9-18-7-6-16-13(18)11-17/h6-7,12H,3-5,8-11H2,1-2H3. The number of nitrogens with zero attached hydrogens (tertiary/aromatic N) is 3. The number of fused-ring (bicyclic) bond motifs is 1. The van der Waals surface area contributed by atoms with Crippen molar-refractivity contribution in [2.75, 3.05) is 13.1 Å². The highest BCUT2D eigenvalue weighted by Crippen LogP contribution is 2.35. The third-order valence-electron chi connectivity index (χ3n) is 4.69. The fourth-order valence-corrected chi connectivity index (χ4v) is 3.46. The molecule has 2 aliphatic rings. The highest BCUT2D eigenvalue weighted by Gasteiger charge is 2.38. The Morgan fingerprint density at radius 1 is 1.42 bits per heavy atom. The number of carbonyl (C=O) groups excluding carboxylic acids is 1. The van der Waals surface area contributed by atoms with Crippen molar-refractivity contribution in [2.45, 2.75) is 46.2 Å². The van der Waals surface area contributed by atoms with Gasteiger partial charge in [-0.2, -0.15) is 0 Å². The Hall–Kier alpha value is -1.16. The first-order valence-corrected chi connectivity index (χ1v) is 7.33. The topological polar surface area (TPSA) is 38.1 Å². The predicted molar refractivity (Wildman–Crippen MR) is 73.6 cm³/mol. The van der Waals surface area contributed by atoms with Crippen LogP contribution in [-0.2, 0) is 17.9 Å². The molecule has 0 N–H and O–H groups in total. The zero-order valence-corrected chi connectivity index (χ0v) is 11.9. The van der Waals surface area contributed by atoms with Gasteiger partial charge < -0.3 is 4.57 Å². The third-order valence-corrected chi connectivity index (χ3v) is 4.69. The summed E-state index contributed by atoms with van der Waals surface area (Å²) < 4.78 is 2.21. The number of carbonyl (C=O) groups is 1. The molecule has 0 spiro atoms. The average molecular weight is 261 g/mol. The number of Topliss-reactive ketones (excluding diaryl/α,β-unsaturated/α-hetero) is 1. The molecular weight excluding hydrogens is 238 g/mol. The summed E-state index contributed by atoms with van der Waals surface area (Å²) in [5, 5.41) is 0. The molecule has 1 saturated carbocycles. The minimum absolute atomic E-state index is 0.114. The van der Waals surface area contributed by atoms with Crippen molar-refractivity contribution < 1.29 is 4.79 Å². The summed E-state index contributed by atoms with van der Waals surface area (Å²) in [5.41, 5.74) is -0.114. The monoisotopic (exact) mass is 261 g/mol. The van der Waals surface area contributed by atoms with Gasteiger partial charge in [0.15, 0.2) is 0 Å². The normalized spacial score (nSPS) is 27.3. The van der Waals surface area contributed by atoms with Gasteiger partial charge in [0.05, 0.1) is 6.54 Å². The van der Waals surface area contributed by atoms with Crippen LogP contribution < -0.4 is 0 Å². The van der Waals surface area contributed by atoms with Crippen molar-refractivity contribution in [2.24, 2.45) is 11.3 Å². The first kappa shape index (κ1) is 12.9. The van der Waals surface area contributed by atoms with Crippen LogP contribution in [0.4, 0.5) is 0 Å². The second-order valence-electron chi connectivity index (χ2n) is 6.61. The minimum atomic E-state index is -0.114. The maximum Gasteiger partial charge on any atom is 0.142 e. The van der Waals surface area contributed by atoms with Gasteiger partial charge in [-0.1, -0.05) is 20.3 Å². The van der Waals surface area contributed by atoms with Crippen LogP contribution in [0.3, 0.4) is 0 Å². The van der Waals surface area contributed by atoms with Crippen molar-refractivity contribution in [3.63, 3.8) is 0 Å². The molecule has 0 radical (unpaired) electrons. The smallest absolute Gasteiger partial charge is 0.142 e. The van der Waals surface area contributed by atoms with Gasteiger partial charge in [-0.15, -0.1) is 0 Å². The molecule has 3 rings (SSSR count). The van der Waals surface area contributed by atoms with Crippen molar-refractivity contribution in [3.05, 3.63) is 18.2 Å². The van der Waals surface area contributed by atoms with E-state index in [0.717, 1.165) is 44.8 Å². The number of aromatic nitrogens is 2. The molecule has 19 heavy (non-hydrogen) atoms. The molecule has 1 aliphatic carbocycles. The fraction of sp³-hybridized carbons (Fsp3) is 0.733. The van der Waals surface area contributed by atoms with Crippen molar-refractivity contribution in [1.82, 2.24) is 14.5 Å². The number of hydrogen-bond donors (Lipinski definition) is 0. The maximum absolute atomic E-state index is 12.5. The van der Waals surface area contributed by atoms with E-state index in [1.165, 1.54) is 6.42 Å². The van der Waals surface area contributed by atoms with Gasteiger partial charge in [-0.3, -0.25) is 9.69 Å². The lowest BCUT2D eigenvalue weighted by Crippen LogP contribution is -2.44. The molecule has 1 atom stereocenters. The molecule has 4 nitrogen and oxygen atoms in total. The van der Waals surface area contributed by atoms with Crippen LogP contribution in [0.5, 0.6) is 0 Å².